The highest BCUT2D eigenvalue weighted by atomic mass is 16.6. The van der Waals surface area contributed by atoms with E-state index in [1.807, 2.05) is 0 Å². The zero-order chi connectivity index (χ0) is 15.7. The summed E-state index contributed by atoms with van der Waals surface area (Å²) in [5.41, 5.74) is -0.733. The van der Waals surface area contributed by atoms with Crippen LogP contribution in [0.1, 0.15) is 34.1 Å². The molecule has 0 saturated carbocycles. The van der Waals surface area contributed by atoms with Gasteiger partial charge in [-0.25, -0.2) is 9.59 Å². The summed E-state index contributed by atoms with van der Waals surface area (Å²) in [5.74, 6) is -2.34. The van der Waals surface area contributed by atoms with Crippen LogP contribution < -0.4 is 0 Å². The number of carbonyl (C=O) groups is 3. The zero-order valence-electron chi connectivity index (χ0n) is 12.4. The number of amides is 1. The molecule has 0 aromatic carbocycles. The first-order valence-corrected chi connectivity index (χ1v) is 6.40. The molecule has 1 aliphatic rings. The van der Waals surface area contributed by atoms with Crippen molar-refractivity contribution >= 4 is 18.0 Å². The van der Waals surface area contributed by atoms with E-state index in [4.69, 9.17) is 4.74 Å². The predicted molar refractivity (Wildman–Crippen MR) is 69.1 cm³/mol. The van der Waals surface area contributed by atoms with Gasteiger partial charge in [0, 0.05) is 6.04 Å². The molecule has 0 aromatic heterocycles. The standard InChI is InChI=1S/C13H21NO6/c1-7-8(11(17)19-5)6-9(10(15)16)14(7)12(18)20-13(2,3)4/h7-9H,6H2,1-5H3,(H,15,16)/t7-,8-,9-/m0/s1. The Labute approximate surface area is 117 Å². The van der Waals surface area contributed by atoms with Gasteiger partial charge in [0.05, 0.1) is 13.0 Å². The van der Waals surface area contributed by atoms with Gasteiger partial charge in [0.2, 0.25) is 0 Å². The molecule has 0 bridgehead atoms. The highest BCUT2D eigenvalue weighted by molar-refractivity contribution is 5.84. The molecule has 20 heavy (non-hydrogen) atoms. The lowest BCUT2D eigenvalue weighted by Crippen LogP contribution is -2.47. The second-order valence-corrected chi connectivity index (χ2v) is 5.85. The summed E-state index contributed by atoms with van der Waals surface area (Å²) in [6, 6.07) is -1.66. The summed E-state index contributed by atoms with van der Waals surface area (Å²) in [6.45, 7) is 6.70. The molecular formula is C13H21NO6. The predicted octanol–water partition coefficient (Wildman–Crippen LogP) is 1.26. The molecule has 1 aliphatic heterocycles. The van der Waals surface area contributed by atoms with Crippen molar-refractivity contribution < 1.29 is 29.0 Å². The van der Waals surface area contributed by atoms with Gasteiger partial charge >= 0.3 is 18.0 Å². The average molecular weight is 287 g/mol. The van der Waals surface area contributed by atoms with Gasteiger partial charge in [0.1, 0.15) is 11.6 Å². The number of aliphatic carboxylic acids is 1. The van der Waals surface area contributed by atoms with Gasteiger partial charge in [-0.15, -0.1) is 0 Å². The number of hydrogen-bond donors (Lipinski definition) is 1. The van der Waals surface area contributed by atoms with Crippen molar-refractivity contribution in [2.24, 2.45) is 5.92 Å². The first-order chi connectivity index (χ1) is 9.08. The van der Waals surface area contributed by atoms with Crippen LogP contribution in [-0.2, 0) is 19.1 Å². The summed E-state index contributed by atoms with van der Waals surface area (Å²) in [6.07, 6.45) is -0.702. The molecule has 0 spiro atoms. The largest absolute Gasteiger partial charge is 0.480 e. The summed E-state index contributed by atoms with van der Waals surface area (Å²) < 4.78 is 9.86. The Balaban J connectivity index is 2.98. The summed E-state index contributed by atoms with van der Waals surface area (Å²) in [7, 11) is 1.24. The zero-order valence-corrected chi connectivity index (χ0v) is 12.4. The average Bonchev–Trinajstić information content (AvgIpc) is 2.64. The highest BCUT2D eigenvalue weighted by Crippen LogP contribution is 2.32. The first kappa shape index (κ1) is 16.3. The number of ether oxygens (including phenoxy) is 2. The van der Waals surface area contributed by atoms with Crippen molar-refractivity contribution in [3.63, 3.8) is 0 Å². The van der Waals surface area contributed by atoms with E-state index in [0.29, 0.717) is 0 Å². The van der Waals surface area contributed by atoms with Gasteiger partial charge < -0.3 is 14.6 Å². The van der Waals surface area contributed by atoms with Crippen LogP contribution in [-0.4, -0.2) is 52.8 Å². The van der Waals surface area contributed by atoms with Crippen LogP contribution in [0, 0.1) is 5.92 Å². The Morgan fingerprint density at radius 2 is 1.80 bits per heavy atom. The third kappa shape index (κ3) is 3.40. The fourth-order valence-electron chi connectivity index (χ4n) is 2.30. The molecule has 0 aliphatic carbocycles. The van der Waals surface area contributed by atoms with Crippen LogP contribution in [0.25, 0.3) is 0 Å². The van der Waals surface area contributed by atoms with E-state index in [2.05, 4.69) is 4.74 Å². The van der Waals surface area contributed by atoms with Crippen molar-refractivity contribution in [1.82, 2.24) is 4.90 Å². The minimum Gasteiger partial charge on any atom is -0.480 e. The third-order valence-electron chi connectivity index (χ3n) is 3.23. The van der Waals surface area contributed by atoms with E-state index < -0.39 is 41.6 Å². The number of carbonyl (C=O) groups excluding carboxylic acids is 2. The third-order valence-corrected chi connectivity index (χ3v) is 3.23. The van der Waals surface area contributed by atoms with Crippen molar-refractivity contribution in [2.75, 3.05) is 7.11 Å². The first-order valence-electron chi connectivity index (χ1n) is 6.40. The van der Waals surface area contributed by atoms with E-state index in [9.17, 15) is 19.5 Å². The Morgan fingerprint density at radius 3 is 2.20 bits per heavy atom. The van der Waals surface area contributed by atoms with Crippen LogP contribution >= 0.6 is 0 Å². The lowest BCUT2D eigenvalue weighted by molar-refractivity contribution is -0.145. The Hall–Kier alpha value is -1.79. The molecule has 1 fully saturated rings. The van der Waals surface area contributed by atoms with Crippen LogP contribution in [0.5, 0.6) is 0 Å². The number of hydrogen-bond acceptors (Lipinski definition) is 5. The monoisotopic (exact) mass is 287 g/mol. The minimum atomic E-state index is -1.16. The molecule has 0 aromatic rings. The number of carboxylic acid groups (broad SMARTS) is 1. The second kappa shape index (κ2) is 5.68. The van der Waals surface area contributed by atoms with Gasteiger partial charge in [-0.3, -0.25) is 9.69 Å². The van der Waals surface area contributed by atoms with Crippen LogP contribution in [0.15, 0.2) is 0 Å². The Kier molecular flexibility index (Phi) is 4.62. The summed E-state index contributed by atoms with van der Waals surface area (Å²) in [5, 5.41) is 9.22. The van der Waals surface area contributed by atoms with Gasteiger partial charge in [-0.2, -0.15) is 0 Å². The molecule has 3 atom stereocenters. The molecule has 7 heteroatoms. The van der Waals surface area contributed by atoms with Gasteiger partial charge in [0.25, 0.3) is 0 Å². The molecular weight excluding hydrogens is 266 g/mol. The summed E-state index contributed by atoms with van der Waals surface area (Å²) in [4.78, 5) is 36.2. The smallest absolute Gasteiger partial charge is 0.411 e. The SMILES string of the molecule is COC(=O)[C@H]1C[C@@H](C(=O)O)N(C(=O)OC(C)(C)C)[C@H]1C. The Morgan fingerprint density at radius 1 is 1.25 bits per heavy atom. The van der Waals surface area contributed by atoms with E-state index in [0.717, 1.165) is 4.90 Å². The van der Waals surface area contributed by atoms with E-state index in [1.165, 1.54) is 7.11 Å². The number of carboxylic acids is 1. The quantitative estimate of drug-likeness (QED) is 0.768. The molecule has 0 unspecified atom stereocenters. The normalized spacial score (nSPS) is 26.2. The number of methoxy groups -OCH3 is 1. The Bertz CT molecular complexity index is 414. The van der Waals surface area contributed by atoms with Crippen molar-refractivity contribution in [2.45, 2.75) is 51.8 Å². The van der Waals surface area contributed by atoms with E-state index in [-0.39, 0.29) is 6.42 Å². The lowest BCUT2D eigenvalue weighted by atomic mass is 10.0. The molecule has 1 N–H and O–H groups in total. The maximum Gasteiger partial charge on any atom is 0.411 e. The lowest BCUT2D eigenvalue weighted by Gasteiger charge is -2.30. The summed E-state index contributed by atoms with van der Waals surface area (Å²) >= 11 is 0. The molecule has 7 nitrogen and oxygen atoms in total. The van der Waals surface area contributed by atoms with Crippen molar-refractivity contribution in [1.29, 1.82) is 0 Å². The number of esters is 1. The number of nitrogens with zero attached hydrogens (tertiary/aromatic N) is 1. The van der Waals surface area contributed by atoms with Crippen LogP contribution in [0.2, 0.25) is 0 Å². The number of rotatable bonds is 2. The molecule has 0 radical (unpaired) electrons. The fraction of sp³-hybridized carbons (Fsp3) is 0.769. The highest BCUT2D eigenvalue weighted by Gasteiger charge is 2.49. The molecule has 1 rings (SSSR count). The topological polar surface area (TPSA) is 93.1 Å². The molecule has 1 heterocycles. The minimum absolute atomic E-state index is 0.0302. The van der Waals surface area contributed by atoms with Gasteiger partial charge in [-0.1, -0.05) is 0 Å². The van der Waals surface area contributed by atoms with Crippen LogP contribution in [0.3, 0.4) is 0 Å². The maximum absolute atomic E-state index is 12.1. The molecule has 114 valence electrons. The van der Waals surface area contributed by atoms with Crippen molar-refractivity contribution in [3.8, 4) is 0 Å². The molecule has 1 amide bonds. The molecule has 1 saturated heterocycles. The van der Waals surface area contributed by atoms with E-state index >= 15 is 0 Å². The fourth-order valence-corrected chi connectivity index (χ4v) is 2.30. The number of likely N-dealkylation sites (tertiary alicyclic amines) is 1. The van der Waals surface area contributed by atoms with Crippen molar-refractivity contribution in [3.05, 3.63) is 0 Å². The maximum atomic E-state index is 12.1. The van der Waals surface area contributed by atoms with E-state index in [1.54, 1.807) is 27.7 Å². The van der Waals surface area contributed by atoms with Gasteiger partial charge in [0.15, 0.2) is 0 Å². The second-order valence-electron chi connectivity index (χ2n) is 5.85. The van der Waals surface area contributed by atoms with Crippen LogP contribution in [0.4, 0.5) is 4.79 Å². The van der Waals surface area contributed by atoms with Gasteiger partial charge in [-0.05, 0) is 34.1 Å².